The molecule has 88 valence electrons. The zero-order valence-corrected chi connectivity index (χ0v) is 9.95. The van der Waals surface area contributed by atoms with Gasteiger partial charge in [-0.3, -0.25) is 19.4 Å². The van der Waals surface area contributed by atoms with E-state index in [9.17, 15) is 9.59 Å². The fourth-order valence-corrected chi connectivity index (χ4v) is 1.55. The van der Waals surface area contributed by atoms with E-state index in [1.807, 2.05) is 0 Å². The standard InChI is InChI=1S/C12H18N2O2/c1-3-13(4-2)9-5-6-10-14-11(15)7-8-12(14)16/h3-4,7-10H2,1-2H3. The molecule has 0 aromatic heterocycles. The first-order chi connectivity index (χ1) is 7.69. The third kappa shape index (κ3) is 3.35. The molecule has 1 heterocycles. The summed E-state index contributed by atoms with van der Waals surface area (Å²) in [5.41, 5.74) is 0. The summed E-state index contributed by atoms with van der Waals surface area (Å²) in [5, 5.41) is 0. The maximum atomic E-state index is 11.3. The van der Waals surface area contributed by atoms with Gasteiger partial charge in [0.25, 0.3) is 0 Å². The maximum Gasteiger partial charge on any atom is 0.230 e. The average molecular weight is 222 g/mol. The predicted octanol–water partition coefficient (Wildman–Crippen LogP) is 0.481. The Bertz CT molecular complexity index is 308. The summed E-state index contributed by atoms with van der Waals surface area (Å²) in [7, 11) is 0. The van der Waals surface area contributed by atoms with Gasteiger partial charge in [-0.15, -0.1) is 0 Å². The minimum Gasteiger partial charge on any atom is -0.293 e. The molecule has 2 amide bonds. The molecular weight excluding hydrogens is 204 g/mol. The van der Waals surface area contributed by atoms with Gasteiger partial charge in [0.1, 0.15) is 0 Å². The molecule has 0 spiro atoms. The largest absolute Gasteiger partial charge is 0.293 e. The molecule has 0 atom stereocenters. The summed E-state index contributed by atoms with van der Waals surface area (Å²) in [6.45, 7) is 7.04. The molecule has 1 aliphatic rings. The monoisotopic (exact) mass is 222 g/mol. The molecule has 0 bridgehead atoms. The first-order valence-corrected chi connectivity index (χ1v) is 5.70. The van der Waals surface area contributed by atoms with E-state index in [2.05, 4.69) is 30.6 Å². The quantitative estimate of drug-likeness (QED) is 0.513. The van der Waals surface area contributed by atoms with Crippen LogP contribution >= 0.6 is 0 Å². The van der Waals surface area contributed by atoms with Gasteiger partial charge in [0.2, 0.25) is 11.8 Å². The molecule has 4 nitrogen and oxygen atoms in total. The summed E-state index contributed by atoms with van der Waals surface area (Å²) >= 11 is 0. The molecule has 1 saturated heterocycles. The van der Waals surface area contributed by atoms with E-state index in [0.717, 1.165) is 13.1 Å². The lowest BCUT2D eigenvalue weighted by molar-refractivity contribution is -0.137. The Morgan fingerprint density at radius 2 is 1.69 bits per heavy atom. The zero-order valence-electron chi connectivity index (χ0n) is 9.95. The van der Waals surface area contributed by atoms with Crippen molar-refractivity contribution in [2.75, 3.05) is 26.2 Å². The fourth-order valence-electron chi connectivity index (χ4n) is 1.55. The first kappa shape index (κ1) is 12.7. The molecule has 0 aromatic carbocycles. The molecule has 0 aromatic rings. The molecule has 1 fully saturated rings. The van der Waals surface area contributed by atoms with Gasteiger partial charge < -0.3 is 0 Å². The number of hydrogen-bond donors (Lipinski definition) is 0. The average Bonchev–Trinajstić information content (AvgIpc) is 2.60. The third-order valence-corrected chi connectivity index (χ3v) is 2.71. The maximum absolute atomic E-state index is 11.3. The molecule has 1 aliphatic heterocycles. The zero-order chi connectivity index (χ0) is 12.0. The Hall–Kier alpha value is -1.34. The van der Waals surface area contributed by atoms with Crippen molar-refractivity contribution in [1.82, 2.24) is 9.80 Å². The van der Waals surface area contributed by atoms with Gasteiger partial charge in [-0.05, 0) is 13.1 Å². The van der Waals surface area contributed by atoms with E-state index < -0.39 is 0 Å². The van der Waals surface area contributed by atoms with Gasteiger partial charge in [0.05, 0.1) is 13.1 Å². The van der Waals surface area contributed by atoms with E-state index in [1.54, 1.807) is 0 Å². The van der Waals surface area contributed by atoms with Crippen LogP contribution in [-0.4, -0.2) is 47.8 Å². The number of imide groups is 1. The number of nitrogens with zero attached hydrogens (tertiary/aromatic N) is 2. The summed E-state index contributed by atoms with van der Waals surface area (Å²) < 4.78 is 0. The van der Waals surface area contributed by atoms with Crippen LogP contribution in [0.1, 0.15) is 26.7 Å². The van der Waals surface area contributed by atoms with Crippen LogP contribution in [0, 0.1) is 11.8 Å². The van der Waals surface area contributed by atoms with Crippen LogP contribution in [0.3, 0.4) is 0 Å². The van der Waals surface area contributed by atoms with E-state index in [-0.39, 0.29) is 18.4 Å². The molecule has 0 N–H and O–H groups in total. The second-order valence-electron chi connectivity index (χ2n) is 3.69. The Morgan fingerprint density at radius 3 is 2.19 bits per heavy atom. The summed E-state index contributed by atoms with van der Waals surface area (Å²) in [5.74, 6) is 5.67. The normalized spacial score (nSPS) is 15.6. The number of amides is 2. The van der Waals surface area contributed by atoms with E-state index in [0.29, 0.717) is 19.4 Å². The molecule has 16 heavy (non-hydrogen) atoms. The summed E-state index contributed by atoms with van der Waals surface area (Å²) in [4.78, 5) is 25.9. The number of hydrogen-bond acceptors (Lipinski definition) is 3. The highest BCUT2D eigenvalue weighted by atomic mass is 16.2. The van der Waals surface area contributed by atoms with Crippen molar-refractivity contribution < 1.29 is 9.59 Å². The first-order valence-electron chi connectivity index (χ1n) is 5.70. The van der Waals surface area contributed by atoms with E-state index in [1.165, 1.54) is 4.90 Å². The van der Waals surface area contributed by atoms with Crippen molar-refractivity contribution in [2.45, 2.75) is 26.7 Å². The van der Waals surface area contributed by atoms with Gasteiger partial charge in [-0.1, -0.05) is 25.7 Å². The van der Waals surface area contributed by atoms with Gasteiger partial charge >= 0.3 is 0 Å². The Kier molecular flexibility index (Phi) is 5.00. The number of carbonyl (C=O) groups excluding carboxylic acids is 2. The van der Waals surface area contributed by atoms with Crippen molar-refractivity contribution >= 4 is 11.8 Å². The van der Waals surface area contributed by atoms with Gasteiger partial charge in [0.15, 0.2) is 0 Å². The smallest absolute Gasteiger partial charge is 0.230 e. The van der Waals surface area contributed by atoms with E-state index >= 15 is 0 Å². The second kappa shape index (κ2) is 6.29. The molecule has 4 heteroatoms. The van der Waals surface area contributed by atoms with Crippen molar-refractivity contribution in [1.29, 1.82) is 0 Å². The van der Waals surface area contributed by atoms with Crippen LogP contribution in [0.5, 0.6) is 0 Å². The SMILES string of the molecule is CCN(CC)CC#CCN1C(=O)CCC1=O. The highest BCUT2D eigenvalue weighted by Gasteiger charge is 2.27. The lowest BCUT2D eigenvalue weighted by Crippen LogP contribution is -2.29. The topological polar surface area (TPSA) is 40.6 Å². The van der Waals surface area contributed by atoms with Gasteiger partial charge in [-0.2, -0.15) is 0 Å². The number of likely N-dealkylation sites (tertiary alicyclic amines) is 1. The van der Waals surface area contributed by atoms with Crippen LogP contribution in [0.4, 0.5) is 0 Å². The van der Waals surface area contributed by atoms with Crippen LogP contribution in [0.25, 0.3) is 0 Å². The van der Waals surface area contributed by atoms with Crippen molar-refractivity contribution in [2.24, 2.45) is 0 Å². The van der Waals surface area contributed by atoms with Crippen molar-refractivity contribution in [3.05, 3.63) is 0 Å². The number of rotatable bonds is 4. The van der Waals surface area contributed by atoms with Gasteiger partial charge in [-0.25, -0.2) is 0 Å². The lowest BCUT2D eigenvalue weighted by Gasteiger charge is -2.13. The Balaban J connectivity index is 2.36. The van der Waals surface area contributed by atoms with Crippen LogP contribution in [0.2, 0.25) is 0 Å². The van der Waals surface area contributed by atoms with Crippen molar-refractivity contribution in [3.8, 4) is 11.8 Å². The number of carbonyl (C=O) groups is 2. The summed E-state index contributed by atoms with van der Waals surface area (Å²) in [6, 6.07) is 0. The highest BCUT2D eigenvalue weighted by molar-refractivity contribution is 6.02. The highest BCUT2D eigenvalue weighted by Crippen LogP contribution is 2.10. The molecule has 1 rings (SSSR count). The predicted molar refractivity (Wildman–Crippen MR) is 61.5 cm³/mol. The Labute approximate surface area is 96.6 Å². The molecule has 0 aliphatic carbocycles. The molecule has 0 saturated carbocycles. The van der Waals surface area contributed by atoms with Gasteiger partial charge in [0, 0.05) is 12.8 Å². The molecular formula is C12H18N2O2. The fraction of sp³-hybridized carbons (Fsp3) is 0.667. The summed E-state index contributed by atoms with van der Waals surface area (Å²) in [6.07, 6.45) is 0.688. The minimum atomic E-state index is -0.0952. The minimum absolute atomic E-state index is 0.0952. The molecule has 0 radical (unpaired) electrons. The van der Waals surface area contributed by atoms with Crippen molar-refractivity contribution in [3.63, 3.8) is 0 Å². The van der Waals surface area contributed by atoms with Crippen LogP contribution in [0.15, 0.2) is 0 Å². The van der Waals surface area contributed by atoms with Crippen LogP contribution in [-0.2, 0) is 9.59 Å². The lowest BCUT2D eigenvalue weighted by atomic mass is 10.4. The second-order valence-corrected chi connectivity index (χ2v) is 3.69. The Morgan fingerprint density at radius 1 is 1.12 bits per heavy atom. The molecule has 0 unspecified atom stereocenters. The van der Waals surface area contributed by atoms with E-state index in [4.69, 9.17) is 0 Å². The third-order valence-electron chi connectivity index (χ3n) is 2.71. The van der Waals surface area contributed by atoms with Crippen LogP contribution < -0.4 is 0 Å².